The normalized spacial score (nSPS) is 12.5. The summed E-state index contributed by atoms with van der Waals surface area (Å²) in [6.45, 7) is 2.09. The highest BCUT2D eigenvalue weighted by molar-refractivity contribution is 7.80. The Balaban J connectivity index is 1.86. The monoisotopic (exact) mass is 459 g/mol. The molecule has 1 unspecified atom stereocenters. The zero-order chi connectivity index (χ0) is 21.5. The van der Waals surface area contributed by atoms with Gasteiger partial charge >= 0.3 is 0 Å². The minimum absolute atomic E-state index is 0.204. The van der Waals surface area contributed by atoms with Crippen LogP contribution in [0.1, 0.15) is 29.2 Å². The van der Waals surface area contributed by atoms with E-state index in [0.29, 0.717) is 10.0 Å². The van der Waals surface area contributed by atoms with E-state index in [0.717, 1.165) is 32.4 Å². The minimum atomic E-state index is -0.403. The summed E-state index contributed by atoms with van der Waals surface area (Å²) in [5, 5.41) is 8.80. The number of nitrogens with zero attached hydrogens (tertiary/aromatic N) is 2. The largest absolute Gasteiger partial charge is 0.389 e. The molecule has 3 rings (SSSR count). The van der Waals surface area contributed by atoms with Gasteiger partial charge in [0.15, 0.2) is 6.61 Å². The second-order valence-corrected chi connectivity index (χ2v) is 8.29. The van der Waals surface area contributed by atoms with Crippen LogP contribution in [0.2, 0.25) is 5.02 Å². The molecule has 0 fully saturated rings. The number of hydrogen-bond acceptors (Lipinski definition) is 6. The Labute approximate surface area is 190 Å². The van der Waals surface area contributed by atoms with Crippen molar-refractivity contribution in [3.8, 4) is 10.6 Å². The molecular formula is C22H22ClN3O2S2. The molecule has 0 bridgehead atoms. The van der Waals surface area contributed by atoms with E-state index < -0.39 is 6.10 Å². The molecule has 0 aliphatic carbocycles. The standard InChI is InChI=1S/C22H22ClN3O2S2/c1-14(15-9-11-17(23)12-10-15)26-28-13-18-20(19(27-3)21(29)24-2)30-22(25-18)16-7-5-4-6-8-16/h4-12,19H,13H2,1-3H3,(H,24,29). The highest BCUT2D eigenvalue weighted by atomic mass is 35.5. The Bertz CT molecular complexity index is 1020. The van der Waals surface area contributed by atoms with Gasteiger partial charge in [0.2, 0.25) is 0 Å². The molecule has 2 aromatic carbocycles. The average Bonchev–Trinajstić information content (AvgIpc) is 3.19. The number of aromatic nitrogens is 1. The van der Waals surface area contributed by atoms with Gasteiger partial charge in [-0.05, 0) is 24.6 Å². The Morgan fingerprint density at radius 3 is 2.53 bits per heavy atom. The fraction of sp³-hybridized carbons (Fsp3) is 0.227. The van der Waals surface area contributed by atoms with Crippen molar-refractivity contribution in [3.05, 3.63) is 75.8 Å². The van der Waals surface area contributed by atoms with Gasteiger partial charge in [-0.15, -0.1) is 11.3 Å². The van der Waals surface area contributed by atoms with Gasteiger partial charge in [-0.2, -0.15) is 0 Å². The van der Waals surface area contributed by atoms with Crippen LogP contribution in [0.3, 0.4) is 0 Å². The molecule has 0 aliphatic heterocycles. The molecule has 0 saturated carbocycles. The van der Waals surface area contributed by atoms with E-state index in [1.54, 1.807) is 14.2 Å². The van der Waals surface area contributed by atoms with Gasteiger partial charge in [0.05, 0.1) is 16.3 Å². The first-order valence-electron chi connectivity index (χ1n) is 9.25. The van der Waals surface area contributed by atoms with Crippen molar-refractivity contribution in [1.82, 2.24) is 10.3 Å². The van der Waals surface area contributed by atoms with Gasteiger partial charge in [0, 0.05) is 24.7 Å². The maximum Gasteiger partial charge on any atom is 0.160 e. The highest BCUT2D eigenvalue weighted by Crippen LogP contribution is 2.34. The summed E-state index contributed by atoms with van der Waals surface area (Å²) in [6.07, 6.45) is -0.403. The van der Waals surface area contributed by atoms with Crippen LogP contribution in [0.15, 0.2) is 59.8 Å². The molecule has 0 amide bonds. The molecule has 8 heteroatoms. The number of thiazole rings is 1. The molecule has 3 aromatic rings. The predicted octanol–water partition coefficient (Wildman–Crippen LogP) is 5.64. The average molecular weight is 460 g/mol. The molecule has 0 aliphatic rings. The van der Waals surface area contributed by atoms with Crippen LogP contribution in [-0.2, 0) is 16.2 Å². The summed E-state index contributed by atoms with van der Waals surface area (Å²) in [6, 6.07) is 17.4. The van der Waals surface area contributed by atoms with Gasteiger partial charge < -0.3 is 14.9 Å². The van der Waals surface area contributed by atoms with Crippen LogP contribution in [0.4, 0.5) is 0 Å². The van der Waals surface area contributed by atoms with E-state index in [4.69, 9.17) is 38.4 Å². The summed E-state index contributed by atoms with van der Waals surface area (Å²) in [7, 11) is 3.41. The van der Waals surface area contributed by atoms with Gasteiger partial charge in [0.25, 0.3) is 0 Å². The molecule has 156 valence electrons. The Kier molecular flexibility index (Phi) is 7.93. The molecule has 30 heavy (non-hydrogen) atoms. The summed E-state index contributed by atoms with van der Waals surface area (Å²) < 4.78 is 5.65. The Morgan fingerprint density at radius 1 is 1.20 bits per heavy atom. The van der Waals surface area contributed by atoms with Gasteiger partial charge in [-0.25, -0.2) is 4.98 Å². The number of halogens is 1. The zero-order valence-electron chi connectivity index (χ0n) is 16.9. The quantitative estimate of drug-likeness (QED) is 0.268. The van der Waals surface area contributed by atoms with E-state index in [-0.39, 0.29) is 6.61 Å². The number of benzene rings is 2. The van der Waals surface area contributed by atoms with Crippen LogP contribution >= 0.6 is 35.2 Å². The first kappa shape index (κ1) is 22.4. The topological polar surface area (TPSA) is 55.7 Å². The summed E-state index contributed by atoms with van der Waals surface area (Å²) in [4.78, 5) is 11.9. The van der Waals surface area contributed by atoms with Gasteiger partial charge in [-0.1, -0.05) is 71.4 Å². The third kappa shape index (κ3) is 5.43. The van der Waals surface area contributed by atoms with Crippen molar-refractivity contribution < 1.29 is 9.57 Å². The molecule has 0 saturated heterocycles. The van der Waals surface area contributed by atoms with Crippen molar-refractivity contribution in [2.45, 2.75) is 19.6 Å². The van der Waals surface area contributed by atoms with E-state index in [2.05, 4.69) is 10.5 Å². The number of ether oxygens (including phenoxy) is 1. The maximum atomic E-state index is 5.95. The number of methoxy groups -OCH3 is 1. The summed E-state index contributed by atoms with van der Waals surface area (Å²) in [5.41, 5.74) is 3.46. The third-order valence-corrected chi connectivity index (χ3v) is 6.23. The zero-order valence-corrected chi connectivity index (χ0v) is 19.3. The SMILES string of the molecule is CNC(=S)C(OC)c1sc(-c2ccccc2)nc1CON=C(C)c1ccc(Cl)cc1. The number of oxime groups is 1. The lowest BCUT2D eigenvalue weighted by Gasteiger charge is -2.15. The Hall–Kier alpha value is -2.32. The first-order valence-corrected chi connectivity index (χ1v) is 10.9. The lowest BCUT2D eigenvalue weighted by molar-refractivity contribution is 0.121. The lowest BCUT2D eigenvalue weighted by Crippen LogP contribution is -2.25. The number of thiocarbonyl (C=S) groups is 1. The highest BCUT2D eigenvalue weighted by Gasteiger charge is 2.24. The van der Waals surface area contributed by atoms with Crippen molar-refractivity contribution >= 4 is 45.9 Å². The van der Waals surface area contributed by atoms with Crippen molar-refractivity contribution in [2.24, 2.45) is 5.16 Å². The summed E-state index contributed by atoms with van der Waals surface area (Å²) in [5.74, 6) is 0. The van der Waals surface area contributed by atoms with Crippen molar-refractivity contribution in [2.75, 3.05) is 14.2 Å². The minimum Gasteiger partial charge on any atom is -0.389 e. The van der Waals surface area contributed by atoms with E-state index in [1.165, 1.54) is 11.3 Å². The summed E-state index contributed by atoms with van der Waals surface area (Å²) >= 11 is 12.9. The first-order chi connectivity index (χ1) is 14.5. The number of nitrogens with one attached hydrogen (secondary N) is 1. The van der Waals surface area contributed by atoms with Crippen LogP contribution in [-0.4, -0.2) is 29.8 Å². The molecule has 1 heterocycles. The van der Waals surface area contributed by atoms with Gasteiger partial charge in [0.1, 0.15) is 16.1 Å². The van der Waals surface area contributed by atoms with Crippen molar-refractivity contribution in [1.29, 1.82) is 0 Å². The van der Waals surface area contributed by atoms with Crippen LogP contribution < -0.4 is 5.32 Å². The Morgan fingerprint density at radius 2 is 1.90 bits per heavy atom. The third-order valence-electron chi connectivity index (χ3n) is 4.37. The van der Waals surface area contributed by atoms with E-state index in [9.17, 15) is 0 Å². The second kappa shape index (κ2) is 10.6. The molecule has 1 atom stereocenters. The molecule has 1 aromatic heterocycles. The van der Waals surface area contributed by atoms with Crippen LogP contribution in [0.25, 0.3) is 10.6 Å². The molecular weight excluding hydrogens is 438 g/mol. The number of likely N-dealkylation sites (N-methyl/N-ethyl adjacent to an activating group) is 1. The van der Waals surface area contributed by atoms with Crippen molar-refractivity contribution in [3.63, 3.8) is 0 Å². The van der Waals surface area contributed by atoms with E-state index >= 15 is 0 Å². The van der Waals surface area contributed by atoms with Crippen LogP contribution in [0.5, 0.6) is 0 Å². The maximum absolute atomic E-state index is 5.95. The fourth-order valence-electron chi connectivity index (χ4n) is 2.77. The smallest absolute Gasteiger partial charge is 0.160 e. The molecule has 0 spiro atoms. The fourth-order valence-corrected chi connectivity index (χ4v) is 4.35. The molecule has 5 nitrogen and oxygen atoms in total. The van der Waals surface area contributed by atoms with Gasteiger partial charge in [-0.3, -0.25) is 0 Å². The lowest BCUT2D eigenvalue weighted by atomic mass is 10.1. The second-order valence-electron chi connectivity index (χ2n) is 6.38. The predicted molar refractivity (Wildman–Crippen MR) is 127 cm³/mol. The number of hydrogen-bond donors (Lipinski definition) is 1. The number of rotatable bonds is 8. The molecule has 1 N–H and O–H groups in total. The van der Waals surface area contributed by atoms with Crippen LogP contribution in [0, 0.1) is 0 Å². The molecule has 0 radical (unpaired) electrons. The van der Waals surface area contributed by atoms with E-state index in [1.807, 2.05) is 61.5 Å².